The molecule has 0 atom stereocenters. The fourth-order valence-electron chi connectivity index (χ4n) is 3.23. The van der Waals surface area contributed by atoms with Gasteiger partial charge in [-0.25, -0.2) is 31.3 Å². The van der Waals surface area contributed by atoms with Crippen LogP contribution >= 0.6 is 15.9 Å². The Hall–Kier alpha value is -1.92. The van der Waals surface area contributed by atoms with Gasteiger partial charge in [-0.3, -0.25) is 4.79 Å². The highest BCUT2D eigenvalue weighted by molar-refractivity contribution is 9.10. The van der Waals surface area contributed by atoms with Gasteiger partial charge in [0, 0.05) is 43.5 Å². The first-order valence-electron chi connectivity index (χ1n) is 8.01. The third-order valence-corrected chi connectivity index (χ3v) is 6.31. The Morgan fingerprint density at radius 2 is 2.00 bits per heavy atom. The lowest BCUT2D eigenvalue weighted by Crippen LogP contribution is -2.60. The predicted octanol–water partition coefficient (Wildman–Crippen LogP) is 3.04. The highest BCUT2D eigenvalue weighted by Crippen LogP contribution is 2.46. The van der Waals surface area contributed by atoms with Crippen LogP contribution in [0.25, 0.3) is 0 Å². The van der Waals surface area contributed by atoms with Crippen molar-refractivity contribution in [1.29, 1.82) is 0 Å². The smallest absolute Gasteiger partial charge is 0.275 e. The minimum atomic E-state index is -4.45. The Balaban J connectivity index is 1.86. The van der Waals surface area contributed by atoms with Gasteiger partial charge in [-0.1, -0.05) is 0 Å². The van der Waals surface area contributed by atoms with Gasteiger partial charge in [-0.2, -0.15) is 0 Å². The largest absolute Gasteiger partial charge is 0.343 e. The van der Waals surface area contributed by atoms with E-state index in [-0.39, 0.29) is 0 Å². The van der Waals surface area contributed by atoms with Crippen LogP contribution in [-0.2, 0) is 17.1 Å². The van der Waals surface area contributed by atoms with Crippen LogP contribution in [0.5, 0.6) is 0 Å². The van der Waals surface area contributed by atoms with Crippen LogP contribution in [0.3, 0.4) is 0 Å². The quantitative estimate of drug-likeness (QED) is 0.643. The van der Waals surface area contributed by atoms with Crippen LogP contribution in [0.4, 0.5) is 18.9 Å². The summed E-state index contributed by atoms with van der Waals surface area (Å²) < 4.78 is 69.6. The molecule has 1 aliphatic rings. The van der Waals surface area contributed by atoms with Gasteiger partial charge in [0.05, 0.1) is 0 Å². The van der Waals surface area contributed by atoms with Crippen LogP contribution < -0.4 is 10.0 Å². The number of amides is 1. The molecule has 1 fully saturated rings. The topological polar surface area (TPSA) is 93.1 Å². The van der Waals surface area contributed by atoms with E-state index in [2.05, 4.69) is 31.0 Å². The minimum Gasteiger partial charge on any atom is -0.343 e. The second-order valence-electron chi connectivity index (χ2n) is 6.96. The number of aryl methyl sites for hydroxylation is 1. The van der Waals surface area contributed by atoms with Crippen molar-refractivity contribution >= 4 is 37.5 Å². The summed E-state index contributed by atoms with van der Waals surface area (Å²) in [4.78, 5) is 15.5. The number of carbonyl (C=O) groups is 1. The van der Waals surface area contributed by atoms with Gasteiger partial charge in [0.2, 0.25) is 10.0 Å². The second kappa shape index (κ2) is 6.85. The monoisotopic (exact) mass is 480 g/mol. The van der Waals surface area contributed by atoms with Gasteiger partial charge < -0.3 is 9.88 Å². The molecule has 0 aliphatic heterocycles. The van der Waals surface area contributed by atoms with Crippen molar-refractivity contribution in [3.8, 4) is 0 Å². The molecule has 1 aliphatic carbocycles. The van der Waals surface area contributed by atoms with Crippen molar-refractivity contribution in [1.82, 2.24) is 14.3 Å². The molecule has 152 valence electrons. The van der Waals surface area contributed by atoms with E-state index >= 15 is 0 Å². The summed E-state index contributed by atoms with van der Waals surface area (Å²) in [6.07, 6.45) is 0.973. The third kappa shape index (κ3) is 4.08. The molecule has 2 N–H and O–H groups in total. The number of hydrogen-bond acceptors (Lipinski definition) is 4. The third-order valence-electron chi connectivity index (χ3n) is 4.26. The van der Waals surface area contributed by atoms with E-state index in [1.54, 1.807) is 0 Å². The fraction of sp³-hybridized carbons (Fsp3) is 0.375. The number of pyridine rings is 1. The minimum absolute atomic E-state index is 0.319. The highest BCUT2D eigenvalue weighted by atomic mass is 79.9. The van der Waals surface area contributed by atoms with Crippen LogP contribution in [0, 0.1) is 5.82 Å². The van der Waals surface area contributed by atoms with E-state index < -0.39 is 56.6 Å². The molecular weight excluding hydrogens is 465 g/mol. The molecule has 2 heterocycles. The summed E-state index contributed by atoms with van der Waals surface area (Å²) in [6, 6.07) is 2.95. The zero-order valence-electron chi connectivity index (χ0n) is 14.8. The van der Waals surface area contributed by atoms with Crippen LogP contribution in [0.2, 0.25) is 0 Å². The van der Waals surface area contributed by atoms with Gasteiger partial charge in [-0.05, 0) is 35.0 Å². The molecule has 0 aromatic carbocycles. The number of carbonyl (C=O) groups excluding carboxylic acids is 1. The van der Waals surface area contributed by atoms with Gasteiger partial charge in [0.1, 0.15) is 15.2 Å². The molecule has 0 unspecified atom stereocenters. The maximum atomic E-state index is 14.8. The molecule has 12 heteroatoms. The summed E-state index contributed by atoms with van der Waals surface area (Å²) >= 11 is 3.13. The van der Waals surface area contributed by atoms with Crippen molar-refractivity contribution in [2.24, 2.45) is 7.05 Å². The SMILES string of the molecule is Cn1cc(S(=O)(=O)NC2(C)CC(F)(F)C2)c(F)c1C(=O)Nc1ccnc(Br)c1. The van der Waals surface area contributed by atoms with E-state index in [0.29, 0.717) is 10.3 Å². The van der Waals surface area contributed by atoms with Gasteiger partial charge >= 0.3 is 0 Å². The number of alkyl halides is 2. The number of halogens is 4. The highest BCUT2D eigenvalue weighted by Gasteiger charge is 2.55. The van der Waals surface area contributed by atoms with Crippen LogP contribution in [-0.4, -0.2) is 35.3 Å². The van der Waals surface area contributed by atoms with Crippen molar-refractivity contribution < 1.29 is 26.4 Å². The molecule has 0 radical (unpaired) electrons. The average Bonchev–Trinajstić information content (AvgIpc) is 2.80. The van der Waals surface area contributed by atoms with E-state index in [1.165, 1.54) is 32.3 Å². The lowest BCUT2D eigenvalue weighted by Gasteiger charge is -2.44. The molecule has 7 nitrogen and oxygen atoms in total. The average molecular weight is 481 g/mol. The number of rotatable bonds is 5. The number of nitrogens with zero attached hydrogens (tertiary/aromatic N) is 2. The maximum absolute atomic E-state index is 14.8. The van der Waals surface area contributed by atoms with Gasteiger partial charge in [0.25, 0.3) is 11.8 Å². The molecule has 0 bridgehead atoms. The first kappa shape index (κ1) is 20.8. The van der Waals surface area contributed by atoms with E-state index in [0.717, 1.165) is 10.8 Å². The first-order chi connectivity index (χ1) is 12.8. The fourth-order valence-corrected chi connectivity index (χ4v) is 5.13. The van der Waals surface area contributed by atoms with Crippen LogP contribution in [0.15, 0.2) is 34.0 Å². The van der Waals surface area contributed by atoms with Gasteiger partial charge in [-0.15, -0.1) is 0 Å². The Kier molecular flexibility index (Phi) is 5.09. The summed E-state index contributed by atoms with van der Waals surface area (Å²) in [5, 5.41) is 2.44. The number of aromatic nitrogens is 2. The Morgan fingerprint density at radius 3 is 2.57 bits per heavy atom. The van der Waals surface area contributed by atoms with E-state index in [1.807, 2.05) is 0 Å². The number of anilines is 1. The molecule has 1 amide bonds. The second-order valence-corrected chi connectivity index (χ2v) is 9.43. The van der Waals surface area contributed by atoms with E-state index in [4.69, 9.17) is 0 Å². The summed E-state index contributed by atoms with van der Waals surface area (Å²) in [6.45, 7) is 1.32. The van der Waals surface area contributed by atoms with Crippen molar-refractivity contribution in [3.05, 3.63) is 40.6 Å². The number of hydrogen-bond donors (Lipinski definition) is 2. The molecule has 2 aromatic heterocycles. The summed E-state index contributed by atoms with van der Waals surface area (Å²) in [7, 11) is -3.15. The van der Waals surface area contributed by atoms with Crippen LogP contribution in [0.1, 0.15) is 30.3 Å². The first-order valence-corrected chi connectivity index (χ1v) is 10.3. The zero-order chi connectivity index (χ0) is 20.9. The van der Waals surface area contributed by atoms with E-state index in [9.17, 15) is 26.4 Å². The Bertz CT molecular complexity index is 1050. The lowest BCUT2D eigenvalue weighted by atomic mass is 9.76. The Morgan fingerprint density at radius 1 is 1.36 bits per heavy atom. The van der Waals surface area contributed by atoms with Crippen molar-refractivity contribution in [2.75, 3.05) is 5.32 Å². The Labute approximate surface area is 167 Å². The zero-order valence-corrected chi connectivity index (χ0v) is 17.2. The maximum Gasteiger partial charge on any atom is 0.275 e. The predicted molar refractivity (Wildman–Crippen MR) is 98.2 cm³/mol. The summed E-state index contributed by atoms with van der Waals surface area (Å²) in [5.74, 6) is -5.10. The molecule has 2 aromatic rings. The van der Waals surface area contributed by atoms with Crippen molar-refractivity contribution in [3.63, 3.8) is 0 Å². The standard InChI is InChI=1S/C16H16BrF3N4O3S/c1-15(7-16(19,20)8-15)23-28(26,27)10-6-24(2)13(12(10)18)14(25)22-9-3-4-21-11(17)5-9/h3-6,23H,7-8H2,1-2H3,(H,21,22,25). The number of sulfonamides is 1. The molecule has 0 spiro atoms. The summed E-state index contributed by atoms with van der Waals surface area (Å²) in [5.41, 5.74) is -1.58. The molecule has 3 rings (SSSR count). The van der Waals surface area contributed by atoms with Gasteiger partial charge in [0.15, 0.2) is 5.82 Å². The van der Waals surface area contributed by atoms with Crippen molar-refractivity contribution in [2.45, 2.75) is 36.1 Å². The molecule has 28 heavy (non-hydrogen) atoms. The normalized spacial score (nSPS) is 17.8. The number of nitrogens with one attached hydrogen (secondary N) is 2. The molecular formula is C16H16BrF3N4O3S. The molecule has 1 saturated carbocycles. The lowest BCUT2D eigenvalue weighted by molar-refractivity contribution is -0.121. The molecule has 0 saturated heterocycles.